The zero-order valence-electron chi connectivity index (χ0n) is 21.3. The van der Waals surface area contributed by atoms with Crippen molar-refractivity contribution in [3.8, 4) is 0 Å². The molecule has 3 rings (SSSR count). The van der Waals surface area contributed by atoms with E-state index in [2.05, 4.69) is 52.5 Å². The van der Waals surface area contributed by atoms with Crippen LogP contribution >= 0.6 is 11.8 Å². The van der Waals surface area contributed by atoms with Crippen molar-refractivity contribution in [3.63, 3.8) is 0 Å². The van der Waals surface area contributed by atoms with Crippen LogP contribution in [0.1, 0.15) is 91.9 Å². The minimum Gasteiger partial charge on any atom is -0.393 e. The predicted octanol–water partition coefficient (Wildman–Crippen LogP) is 6.50. The highest BCUT2D eigenvalue weighted by Gasteiger charge is 2.46. The maximum atomic E-state index is 10.6. The lowest BCUT2D eigenvalue weighted by Gasteiger charge is -2.42. The Morgan fingerprint density at radius 1 is 1.27 bits per heavy atom. The first kappa shape index (κ1) is 26.8. The van der Waals surface area contributed by atoms with Crippen molar-refractivity contribution in [2.45, 2.75) is 115 Å². The van der Waals surface area contributed by atoms with E-state index in [1.165, 1.54) is 18.4 Å². The second-order valence-electron chi connectivity index (χ2n) is 10.8. The van der Waals surface area contributed by atoms with Crippen molar-refractivity contribution >= 4 is 11.8 Å². The maximum absolute atomic E-state index is 10.6. The quantitative estimate of drug-likeness (QED) is 0.264. The average molecular weight is 475 g/mol. The lowest BCUT2D eigenvalue weighted by atomic mass is 9.64. The van der Waals surface area contributed by atoms with E-state index in [1.54, 1.807) is 5.57 Å². The summed E-state index contributed by atoms with van der Waals surface area (Å²) in [5.41, 5.74) is 4.63. The van der Waals surface area contributed by atoms with E-state index in [1.807, 2.05) is 11.8 Å². The van der Waals surface area contributed by atoms with Gasteiger partial charge in [-0.25, -0.2) is 0 Å². The van der Waals surface area contributed by atoms with Crippen LogP contribution in [-0.2, 0) is 0 Å². The Morgan fingerprint density at radius 3 is 2.70 bits per heavy atom. The van der Waals surface area contributed by atoms with Gasteiger partial charge in [0.25, 0.3) is 0 Å². The number of hydrogen-bond donors (Lipinski definition) is 3. The second kappa shape index (κ2) is 11.3. The summed E-state index contributed by atoms with van der Waals surface area (Å²) in [7, 11) is 0. The number of allylic oxidation sites excluding steroid dienone is 4. The van der Waals surface area contributed by atoms with E-state index in [0.29, 0.717) is 24.0 Å². The fourth-order valence-electron chi connectivity index (χ4n) is 6.30. The molecule has 33 heavy (non-hydrogen) atoms. The summed E-state index contributed by atoms with van der Waals surface area (Å²) in [4.78, 5) is 0. The van der Waals surface area contributed by atoms with Gasteiger partial charge in [-0.15, -0.1) is 0 Å². The van der Waals surface area contributed by atoms with Crippen molar-refractivity contribution < 1.29 is 15.3 Å². The standard InChI is InChI=1S/C29H46O3S/c1-6-29(32,7-2)16-9-17-33-21(4)25-13-14-26-22(10-8-15-28(25,26)5)11-12-23-18-24(30)19-27(31)20(23)3/h11-13,21,24,26-27,30-32H,3,6-10,14-19H2,1-2,4-5H3/t21-,24+,26-,27-,28+/m0/s1. The molecule has 3 N–H and O–H groups in total. The number of thioether (sulfide) groups is 1. The van der Waals surface area contributed by atoms with E-state index >= 15 is 0 Å². The third-order valence-electron chi connectivity index (χ3n) is 8.78. The minimum atomic E-state index is -0.627. The summed E-state index contributed by atoms with van der Waals surface area (Å²) < 4.78 is 0. The zero-order chi connectivity index (χ0) is 24.2. The van der Waals surface area contributed by atoms with E-state index in [9.17, 15) is 15.3 Å². The van der Waals surface area contributed by atoms with Crippen molar-refractivity contribution in [3.05, 3.63) is 47.1 Å². The summed E-state index contributed by atoms with van der Waals surface area (Å²) in [6, 6.07) is 0. The fraction of sp³-hybridized carbons (Fsp3) is 0.724. The molecule has 0 unspecified atom stereocenters. The van der Waals surface area contributed by atoms with Crippen LogP contribution in [0.4, 0.5) is 0 Å². The SMILES string of the molecule is C=C1C(=CC=C2CCC[C@]3(C)C([C@H](C)SCCCC(O)(CC)CC)=CC[C@@H]23)C[C@@H](O)C[C@@H]1O. The summed E-state index contributed by atoms with van der Waals surface area (Å²) in [5, 5.41) is 31.3. The van der Waals surface area contributed by atoms with Crippen molar-refractivity contribution in [1.82, 2.24) is 0 Å². The van der Waals surface area contributed by atoms with Crippen LogP contribution in [0.2, 0.25) is 0 Å². The van der Waals surface area contributed by atoms with Gasteiger partial charge in [-0.1, -0.05) is 56.7 Å². The highest BCUT2D eigenvalue weighted by molar-refractivity contribution is 8.00. The molecule has 186 valence electrons. The number of aliphatic hydroxyl groups is 3. The molecular weight excluding hydrogens is 428 g/mol. The molecular formula is C29H46O3S. The molecule has 4 heteroatoms. The Hall–Kier alpha value is -0.810. The number of rotatable bonds is 9. The number of fused-ring (bicyclic) bond motifs is 1. The van der Waals surface area contributed by atoms with Gasteiger partial charge < -0.3 is 15.3 Å². The van der Waals surface area contributed by atoms with Gasteiger partial charge in [0.2, 0.25) is 0 Å². The van der Waals surface area contributed by atoms with E-state index in [4.69, 9.17) is 0 Å². The third-order valence-corrected chi connectivity index (χ3v) is 10.1. The molecule has 0 saturated heterocycles. The van der Waals surface area contributed by atoms with Crippen LogP contribution in [0, 0.1) is 11.3 Å². The zero-order valence-corrected chi connectivity index (χ0v) is 22.1. The van der Waals surface area contributed by atoms with E-state index in [0.717, 1.165) is 55.4 Å². The summed E-state index contributed by atoms with van der Waals surface area (Å²) >= 11 is 2.05. The van der Waals surface area contributed by atoms with Gasteiger partial charge in [0, 0.05) is 11.7 Å². The molecule has 0 aliphatic heterocycles. The first-order valence-electron chi connectivity index (χ1n) is 13.1. The average Bonchev–Trinajstić information content (AvgIpc) is 3.15. The van der Waals surface area contributed by atoms with Gasteiger partial charge in [-0.2, -0.15) is 11.8 Å². The van der Waals surface area contributed by atoms with Crippen LogP contribution in [0.5, 0.6) is 0 Å². The topological polar surface area (TPSA) is 60.7 Å². The number of aliphatic hydroxyl groups excluding tert-OH is 2. The van der Waals surface area contributed by atoms with Crippen LogP contribution in [0.15, 0.2) is 47.1 Å². The Bertz CT molecular complexity index is 791. The summed E-state index contributed by atoms with van der Waals surface area (Å²) in [5.74, 6) is 1.65. The molecule has 3 aliphatic carbocycles. The predicted molar refractivity (Wildman–Crippen MR) is 141 cm³/mol. The molecule has 3 nitrogen and oxygen atoms in total. The molecule has 0 radical (unpaired) electrons. The lowest BCUT2D eigenvalue weighted by molar-refractivity contribution is 0.0232. The molecule has 0 bridgehead atoms. The molecule has 0 spiro atoms. The van der Waals surface area contributed by atoms with Gasteiger partial charge in [-0.3, -0.25) is 0 Å². The van der Waals surface area contributed by atoms with Crippen molar-refractivity contribution in [1.29, 1.82) is 0 Å². The molecule has 0 amide bonds. The van der Waals surface area contributed by atoms with Crippen LogP contribution in [-0.4, -0.2) is 44.1 Å². The molecule has 0 aromatic heterocycles. The molecule has 5 atom stereocenters. The Labute approximate surface area is 206 Å². The monoisotopic (exact) mass is 474 g/mol. The molecule has 0 aromatic rings. The van der Waals surface area contributed by atoms with Gasteiger partial charge in [0.1, 0.15) is 0 Å². The molecule has 0 aromatic carbocycles. The molecule has 0 heterocycles. The highest BCUT2D eigenvalue weighted by atomic mass is 32.2. The summed E-state index contributed by atoms with van der Waals surface area (Å²) in [6.07, 6.45) is 15.1. The minimum absolute atomic E-state index is 0.227. The first-order chi connectivity index (χ1) is 15.6. The van der Waals surface area contributed by atoms with Gasteiger partial charge in [-0.05, 0) is 92.9 Å². The largest absolute Gasteiger partial charge is 0.393 e. The van der Waals surface area contributed by atoms with Crippen molar-refractivity contribution in [2.75, 3.05) is 5.75 Å². The smallest absolute Gasteiger partial charge is 0.0811 e. The third kappa shape index (κ3) is 6.07. The first-order valence-corrected chi connectivity index (χ1v) is 14.2. The number of hydrogen-bond acceptors (Lipinski definition) is 4. The van der Waals surface area contributed by atoms with Crippen LogP contribution in [0.25, 0.3) is 0 Å². The van der Waals surface area contributed by atoms with Crippen LogP contribution in [0.3, 0.4) is 0 Å². The Kier molecular flexibility index (Phi) is 9.16. The van der Waals surface area contributed by atoms with Gasteiger partial charge >= 0.3 is 0 Å². The summed E-state index contributed by atoms with van der Waals surface area (Å²) in [6.45, 7) is 13.1. The maximum Gasteiger partial charge on any atom is 0.0811 e. The van der Waals surface area contributed by atoms with E-state index < -0.39 is 17.8 Å². The molecule has 2 fully saturated rings. The van der Waals surface area contributed by atoms with Crippen molar-refractivity contribution in [2.24, 2.45) is 11.3 Å². The molecule has 2 saturated carbocycles. The second-order valence-corrected chi connectivity index (χ2v) is 12.3. The van der Waals surface area contributed by atoms with Gasteiger partial charge in [0.05, 0.1) is 17.8 Å². The van der Waals surface area contributed by atoms with E-state index in [-0.39, 0.29) is 5.41 Å². The Morgan fingerprint density at radius 2 is 2.00 bits per heavy atom. The highest BCUT2D eigenvalue weighted by Crippen LogP contribution is 2.56. The normalized spacial score (nSPS) is 34.0. The fourth-order valence-corrected chi connectivity index (χ4v) is 7.51. The lowest BCUT2D eigenvalue weighted by Crippen LogP contribution is -2.33. The van der Waals surface area contributed by atoms with Gasteiger partial charge in [0.15, 0.2) is 0 Å². The van der Waals surface area contributed by atoms with Crippen LogP contribution < -0.4 is 0 Å². The Balaban J connectivity index is 1.63. The molecule has 3 aliphatic rings.